The fourth-order valence-electron chi connectivity index (χ4n) is 2.02. The lowest BCUT2D eigenvalue weighted by Crippen LogP contribution is -2.16. The summed E-state index contributed by atoms with van der Waals surface area (Å²) in [5, 5.41) is 3.49. The molecule has 0 saturated heterocycles. The Labute approximate surface area is 127 Å². The predicted molar refractivity (Wildman–Crippen MR) is 82.6 cm³/mol. The molecule has 1 saturated carbocycles. The quantitative estimate of drug-likeness (QED) is 0.876. The number of hydrogen-bond donors (Lipinski definition) is 1. The molecule has 0 bridgehead atoms. The lowest BCUT2D eigenvalue weighted by molar-refractivity contribution is 0.301. The van der Waals surface area contributed by atoms with E-state index in [-0.39, 0.29) is 0 Å². The molecule has 2 aromatic rings. The van der Waals surface area contributed by atoms with Crippen molar-refractivity contribution in [2.45, 2.75) is 32.0 Å². The van der Waals surface area contributed by atoms with Gasteiger partial charge in [0.15, 0.2) is 0 Å². The molecule has 20 heavy (non-hydrogen) atoms. The maximum absolute atomic E-state index is 5.93. The van der Waals surface area contributed by atoms with Gasteiger partial charge in [-0.3, -0.25) is 4.98 Å². The van der Waals surface area contributed by atoms with E-state index in [1.807, 2.05) is 24.4 Å². The summed E-state index contributed by atoms with van der Waals surface area (Å²) in [5.41, 5.74) is 2.27. The molecule has 1 aliphatic carbocycles. The third-order valence-corrected chi connectivity index (χ3v) is 3.79. The minimum absolute atomic E-state index is 0.569. The Bertz CT molecular complexity index is 584. The molecule has 0 amide bonds. The number of benzene rings is 1. The second-order valence-corrected chi connectivity index (χ2v) is 5.97. The molecule has 0 unspecified atom stereocenters. The zero-order valence-corrected chi connectivity index (χ0v) is 12.8. The van der Waals surface area contributed by atoms with E-state index in [0.29, 0.717) is 12.6 Å². The van der Waals surface area contributed by atoms with E-state index in [4.69, 9.17) is 4.74 Å². The molecule has 1 N–H and O–H groups in total. The second-order valence-electron chi connectivity index (χ2n) is 5.06. The molecule has 1 aromatic heterocycles. The molecule has 1 aliphatic rings. The zero-order valence-electron chi connectivity index (χ0n) is 11.2. The number of pyridine rings is 1. The lowest BCUT2D eigenvalue weighted by Gasteiger charge is -2.11. The van der Waals surface area contributed by atoms with Crippen molar-refractivity contribution in [3.05, 3.63) is 58.3 Å². The van der Waals surface area contributed by atoms with E-state index >= 15 is 0 Å². The second kappa shape index (κ2) is 6.37. The smallest absolute Gasteiger partial charge is 0.127 e. The average molecular weight is 333 g/mol. The van der Waals surface area contributed by atoms with Crippen molar-refractivity contribution < 1.29 is 4.74 Å². The number of halogens is 1. The van der Waals surface area contributed by atoms with Gasteiger partial charge >= 0.3 is 0 Å². The SMILES string of the molecule is Brc1cccc(COc2ccncc2CNC2CC2)c1. The largest absolute Gasteiger partial charge is 0.488 e. The summed E-state index contributed by atoms with van der Waals surface area (Å²) < 4.78 is 7.00. The summed E-state index contributed by atoms with van der Waals surface area (Å²) in [4.78, 5) is 4.19. The monoisotopic (exact) mass is 332 g/mol. The van der Waals surface area contributed by atoms with Gasteiger partial charge in [0.05, 0.1) is 0 Å². The molecule has 104 valence electrons. The van der Waals surface area contributed by atoms with E-state index in [1.54, 1.807) is 6.20 Å². The van der Waals surface area contributed by atoms with Crippen LogP contribution < -0.4 is 10.1 Å². The number of nitrogens with one attached hydrogen (secondary N) is 1. The summed E-state index contributed by atoms with van der Waals surface area (Å²) in [5.74, 6) is 0.910. The Kier molecular flexibility index (Phi) is 4.33. The third-order valence-electron chi connectivity index (χ3n) is 3.30. The standard InChI is InChI=1S/C16H17BrN2O/c17-14-3-1-2-12(8-14)11-20-16-6-7-18-9-13(16)10-19-15-4-5-15/h1-3,6-9,15,19H,4-5,10-11H2. The summed E-state index contributed by atoms with van der Waals surface area (Å²) in [7, 11) is 0. The van der Waals surface area contributed by atoms with Crippen molar-refractivity contribution in [3.8, 4) is 5.75 Å². The van der Waals surface area contributed by atoms with Crippen LogP contribution in [0.5, 0.6) is 5.75 Å². The Balaban J connectivity index is 1.63. The highest BCUT2D eigenvalue weighted by Gasteiger charge is 2.20. The molecular weight excluding hydrogens is 316 g/mol. The summed E-state index contributed by atoms with van der Waals surface area (Å²) >= 11 is 3.48. The van der Waals surface area contributed by atoms with Gasteiger partial charge in [-0.05, 0) is 36.6 Å². The first-order valence-electron chi connectivity index (χ1n) is 6.85. The Hall–Kier alpha value is -1.39. The van der Waals surface area contributed by atoms with Crippen LogP contribution in [0.15, 0.2) is 47.2 Å². The van der Waals surface area contributed by atoms with E-state index < -0.39 is 0 Å². The van der Waals surface area contributed by atoms with Gasteiger partial charge in [-0.1, -0.05) is 28.1 Å². The topological polar surface area (TPSA) is 34.1 Å². The van der Waals surface area contributed by atoms with Crippen LogP contribution in [0.1, 0.15) is 24.0 Å². The fourth-order valence-corrected chi connectivity index (χ4v) is 2.46. The molecule has 4 heteroatoms. The van der Waals surface area contributed by atoms with Crippen LogP contribution >= 0.6 is 15.9 Å². The van der Waals surface area contributed by atoms with Crippen LogP contribution in [-0.4, -0.2) is 11.0 Å². The van der Waals surface area contributed by atoms with Crippen LogP contribution in [0, 0.1) is 0 Å². The van der Waals surface area contributed by atoms with E-state index in [9.17, 15) is 0 Å². The van der Waals surface area contributed by atoms with Gasteiger partial charge in [0, 0.05) is 35.0 Å². The number of aromatic nitrogens is 1. The first kappa shape index (κ1) is 13.6. The molecule has 0 radical (unpaired) electrons. The van der Waals surface area contributed by atoms with Crippen LogP contribution in [0.4, 0.5) is 0 Å². The molecule has 1 aromatic carbocycles. The van der Waals surface area contributed by atoms with Gasteiger partial charge in [-0.15, -0.1) is 0 Å². The van der Waals surface area contributed by atoms with Crippen molar-refractivity contribution in [1.82, 2.24) is 10.3 Å². The van der Waals surface area contributed by atoms with Crippen molar-refractivity contribution in [1.29, 1.82) is 0 Å². The van der Waals surface area contributed by atoms with Gasteiger partial charge in [-0.2, -0.15) is 0 Å². The van der Waals surface area contributed by atoms with Gasteiger partial charge in [0.2, 0.25) is 0 Å². The molecule has 0 spiro atoms. The van der Waals surface area contributed by atoms with Crippen LogP contribution in [-0.2, 0) is 13.2 Å². The van der Waals surface area contributed by atoms with Gasteiger partial charge in [0.25, 0.3) is 0 Å². The number of ether oxygens (including phenoxy) is 1. The van der Waals surface area contributed by atoms with Crippen molar-refractivity contribution in [2.24, 2.45) is 0 Å². The summed E-state index contributed by atoms with van der Waals surface area (Å²) in [6.45, 7) is 1.40. The molecule has 3 rings (SSSR count). The number of rotatable bonds is 6. The Morgan fingerprint density at radius 1 is 1.30 bits per heavy atom. The van der Waals surface area contributed by atoms with Crippen molar-refractivity contribution in [3.63, 3.8) is 0 Å². The zero-order chi connectivity index (χ0) is 13.8. The van der Waals surface area contributed by atoms with Crippen molar-refractivity contribution in [2.75, 3.05) is 0 Å². The average Bonchev–Trinajstić information content (AvgIpc) is 3.28. The highest BCUT2D eigenvalue weighted by atomic mass is 79.9. The van der Waals surface area contributed by atoms with Gasteiger partial charge in [-0.25, -0.2) is 0 Å². The minimum Gasteiger partial charge on any atom is -0.488 e. The maximum atomic E-state index is 5.93. The Morgan fingerprint density at radius 3 is 3.00 bits per heavy atom. The van der Waals surface area contributed by atoms with E-state index in [1.165, 1.54) is 12.8 Å². The minimum atomic E-state index is 0.569. The summed E-state index contributed by atoms with van der Waals surface area (Å²) in [6.07, 6.45) is 6.23. The fraction of sp³-hybridized carbons (Fsp3) is 0.312. The third kappa shape index (κ3) is 3.81. The highest BCUT2D eigenvalue weighted by molar-refractivity contribution is 9.10. The van der Waals surface area contributed by atoms with Crippen LogP contribution in [0.25, 0.3) is 0 Å². The first-order chi connectivity index (χ1) is 9.81. The lowest BCUT2D eigenvalue weighted by atomic mass is 10.2. The normalized spacial score (nSPS) is 14.2. The number of nitrogens with zero attached hydrogens (tertiary/aromatic N) is 1. The molecule has 0 atom stereocenters. The first-order valence-corrected chi connectivity index (χ1v) is 7.64. The van der Waals surface area contributed by atoms with Gasteiger partial charge < -0.3 is 10.1 Å². The van der Waals surface area contributed by atoms with Gasteiger partial charge in [0.1, 0.15) is 12.4 Å². The van der Waals surface area contributed by atoms with Crippen LogP contribution in [0.3, 0.4) is 0 Å². The van der Waals surface area contributed by atoms with E-state index in [2.05, 4.69) is 38.4 Å². The molecular formula is C16H17BrN2O. The summed E-state index contributed by atoms with van der Waals surface area (Å²) in [6, 6.07) is 10.8. The van der Waals surface area contributed by atoms with Crippen molar-refractivity contribution >= 4 is 15.9 Å². The van der Waals surface area contributed by atoms with Crippen LogP contribution in [0.2, 0.25) is 0 Å². The van der Waals surface area contributed by atoms with E-state index in [0.717, 1.165) is 27.9 Å². The molecule has 1 heterocycles. The predicted octanol–water partition coefficient (Wildman–Crippen LogP) is 3.68. The Morgan fingerprint density at radius 2 is 2.20 bits per heavy atom. The molecule has 1 fully saturated rings. The molecule has 3 nitrogen and oxygen atoms in total. The number of hydrogen-bond acceptors (Lipinski definition) is 3. The maximum Gasteiger partial charge on any atom is 0.127 e. The highest BCUT2D eigenvalue weighted by Crippen LogP contribution is 2.23. The molecule has 0 aliphatic heterocycles.